The third kappa shape index (κ3) is 5.96. The van der Waals surface area contributed by atoms with Crippen LogP contribution in [0.25, 0.3) is 0 Å². The summed E-state index contributed by atoms with van der Waals surface area (Å²) in [5.74, 6) is -0.372. The molecule has 0 aromatic heterocycles. The molecule has 29 heavy (non-hydrogen) atoms. The average Bonchev–Trinajstić information content (AvgIpc) is 2.75. The van der Waals surface area contributed by atoms with Crippen LogP contribution in [0.1, 0.15) is 12.5 Å². The van der Waals surface area contributed by atoms with Gasteiger partial charge in [-0.25, -0.2) is 4.79 Å². The first-order chi connectivity index (χ1) is 14.0. The van der Waals surface area contributed by atoms with Gasteiger partial charge in [0.05, 0.1) is 0 Å². The molecule has 1 atom stereocenters. The lowest BCUT2D eigenvalue weighted by Crippen LogP contribution is -2.46. The molecule has 0 spiro atoms. The van der Waals surface area contributed by atoms with Crippen LogP contribution >= 0.6 is 0 Å². The van der Waals surface area contributed by atoms with E-state index in [1.807, 2.05) is 12.1 Å². The number of rotatable bonds is 6. The Balaban J connectivity index is 1.48. The molecular formula is C22H29N5O2. The van der Waals surface area contributed by atoms with Crippen LogP contribution in [-0.4, -0.2) is 56.1 Å². The summed E-state index contributed by atoms with van der Waals surface area (Å²) < 4.78 is 0. The van der Waals surface area contributed by atoms with Gasteiger partial charge in [-0.05, 0) is 36.8 Å². The Morgan fingerprint density at radius 2 is 1.62 bits per heavy atom. The number of piperazine rings is 1. The molecule has 0 bridgehead atoms. The van der Waals surface area contributed by atoms with Crippen LogP contribution in [-0.2, 0) is 11.3 Å². The Labute approximate surface area is 172 Å². The molecule has 3 rings (SSSR count). The monoisotopic (exact) mass is 395 g/mol. The smallest absolute Gasteiger partial charge is 0.321 e. The SMILES string of the molecule is CNC(=O)NC(=O)C(C)Nc1ccc(N2CCN(Cc3ccccc3)CC2)cc1. The van der Waals surface area contributed by atoms with Crippen molar-refractivity contribution in [3.63, 3.8) is 0 Å². The lowest BCUT2D eigenvalue weighted by Gasteiger charge is -2.36. The van der Waals surface area contributed by atoms with E-state index in [2.05, 4.69) is 68.2 Å². The Bertz CT molecular complexity index is 802. The molecule has 2 aromatic rings. The van der Waals surface area contributed by atoms with Gasteiger partial charge in [-0.2, -0.15) is 0 Å². The summed E-state index contributed by atoms with van der Waals surface area (Å²) in [5.41, 5.74) is 3.37. The molecule has 1 aliphatic rings. The van der Waals surface area contributed by atoms with E-state index >= 15 is 0 Å². The largest absolute Gasteiger partial charge is 0.374 e. The lowest BCUT2D eigenvalue weighted by molar-refractivity contribution is -0.120. The number of amides is 3. The summed E-state index contributed by atoms with van der Waals surface area (Å²) in [6.07, 6.45) is 0. The molecule has 1 aliphatic heterocycles. The van der Waals surface area contributed by atoms with E-state index in [4.69, 9.17) is 0 Å². The third-order valence-electron chi connectivity index (χ3n) is 5.09. The number of urea groups is 1. The van der Waals surface area contributed by atoms with Gasteiger partial charge in [0.15, 0.2) is 0 Å². The van der Waals surface area contributed by atoms with Gasteiger partial charge in [-0.1, -0.05) is 30.3 Å². The standard InChI is InChI=1S/C22H29N5O2/c1-17(21(28)25-22(29)23-2)24-19-8-10-20(11-9-19)27-14-12-26(13-15-27)16-18-6-4-3-5-7-18/h3-11,17,24H,12-16H2,1-2H3,(H2,23,25,28,29). The summed E-state index contributed by atoms with van der Waals surface area (Å²) in [6.45, 7) is 6.76. The molecule has 0 radical (unpaired) electrons. The fraction of sp³-hybridized carbons (Fsp3) is 0.364. The average molecular weight is 396 g/mol. The Morgan fingerprint density at radius 3 is 2.24 bits per heavy atom. The van der Waals surface area contributed by atoms with Crippen LogP contribution in [0.5, 0.6) is 0 Å². The molecule has 3 amide bonds. The van der Waals surface area contributed by atoms with Crippen molar-refractivity contribution in [2.45, 2.75) is 19.5 Å². The first-order valence-electron chi connectivity index (χ1n) is 9.95. The van der Waals surface area contributed by atoms with Crippen molar-refractivity contribution in [2.75, 3.05) is 43.4 Å². The van der Waals surface area contributed by atoms with Crippen molar-refractivity contribution in [1.82, 2.24) is 15.5 Å². The Morgan fingerprint density at radius 1 is 0.966 bits per heavy atom. The van der Waals surface area contributed by atoms with Crippen molar-refractivity contribution in [2.24, 2.45) is 0 Å². The van der Waals surface area contributed by atoms with E-state index in [-0.39, 0.29) is 5.91 Å². The predicted molar refractivity (Wildman–Crippen MR) is 116 cm³/mol. The fourth-order valence-corrected chi connectivity index (χ4v) is 3.37. The maximum Gasteiger partial charge on any atom is 0.321 e. The number of hydrogen-bond donors (Lipinski definition) is 3. The van der Waals surface area contributed by atoms with Crippen molar-refractivity contribution in [1.29, 1.82) is 0 Å². The second-order valence-electron chi connectivity index (χ2n) is 7.23. The molecule has 3 N–H and O–H groups in total. The van der Waals surface area contributed by atoms with Crippen LogP contribution < -0.4 is 20.9 Å². The van der Waals surface area contributed by atoms with Gasteiger partial charge < -0.3 is 15.5 Å². The van der Waals surface area contributed by atoms with Crippen LogP contribution in [0.4, 0.5) is 16.2 Å². The number of anilines is 2. The molecule has 1 heterocycles. The van der Waals surface area contributed by atoms with Crippen LogP contribution in [0.2, 0.25) is 0 Å². The van der Waals surface area contributed by atoms with Gasteiger partial charge in [0.25, 0.3) is 0 Å². The number of nitrogens with one attached hydrogen (secondary N) is 3. The molecule has 1 saturated heterocycles. The summed E-state index contributed by atoms with van der Waals surface area (Å²) in [4.78, 5) is 28.1. The van der Waals surface area contributed by atoms with E-state index in [9.17, 15) is 9.59 Å². The summed E-state index contributed by atoms with van der Waals surface area (Å²) in [6, 6.07) is 17.6. The van der Waals surface area contributed by atoms with Crippen LogP contribution in [0.3, 0.4) is 0 Å². The minimum atomic E-state index is -0.514. The molecule has 0 saturated carbocycles. The highest BCUT2D eigenvalue weighted by molar-refractivity contribution is 5.97. The zero-order valence-corrected chi connectivity index (χ0v) is 17.0. The van der Waals surface area contributed by atoms with Gasteiger partial charge in [0.1, 0.15) is 6.04 Å². The van der Waals surface area contributed by atoms with E-state index in [1.165, 1.54) is 18.3 Å². The molecule has 154 valence electrons. The van der Waals surface area contributed by atoms with Gasteiger partial charge >= 0.3 is 6.03 Å². The van der Waals surface area contributed by atoms with Crippen molar-refractivity contribution in [3.05, 3.63) is 60.2 Å². The third-order valence-corrected chi connectivity index (χ3v) is 5.09. The van der Waals surface area contributed by atoms with Gasteiger partial charge in [0, 0.05) is 51.1 Å². The number of benzene rings is 2. The normalized spacial score (nSPS) is 15.4. The van der Waals surface area contributed by atoms with Crippen molar-refractivity contribution >= 4 is 23.3 Å². The minimum absolute atomic E-state index is 0.372. The maximum absolute atomic E-state index is 11.9. The lowest BCUT2D eigenvalue weighted by atomic mass is 10.2. The highest BCUT2D eigenvalue weighted by atomic mass is 16.2. The first-order valence-corrected chi connectivity index (χ1v) is 9.95. The number of imide groups is 1. The quantitative estimate of drug-likeness (QED) is 0.700. The zero-order valence-electron chi connectivity index (χ0n) is 17.0. The van der Waals surface area contributed by atoms with Gasteiger partial charge in [-0.15, -0.1) is 0 Å². The summed E-state index contributed by atoms with van der Waals surface area (Å²) >= 11 is 0. The van der Waals surface area contributed by atoms with E-state index in [0.29, 0.717) is 0 Å². The Kier molecular flexibility index (Phi) is 7.08. The second kappa shape index (κ2) is 9.93. The highest BCUT2D eigenvalue weighted by Crippen LogP contribution is 2.20. The van der Waals surface area contributed by atoms with Crippen molar-refractivity contribution < 1.29 is 9.59 Å². The number of carbonyl (C=O) groups excluding carboxylic acids is 2. The predicted octanol–water partition coefficient (Wildman–Crippen LogP) is 2.26. The molecule has 0 aliphatic carbocycles. The van der Waals surface area contributed by atoms with Gasteiger partial charge in [0.2, 0.25) is 5.91 Å². The molecule has 1 unspecified atom stereocenters. The molecule has 2 aromatic carbocycles. The number of hydrogen-bond acceptors (Lipinski definition) is 5. The van der Waals surface area contributed by atoms with Gasteiger partial charge in [-0.3, -0.25) is 15.0 Å². The summed E-state index contributed by atoms with van der Waals surface area (Å²) in [5, 5.41) is 7.75. The topological polar surface area (TPSA) is 76.7 Å². The molecule has 7 nitrogen and oxygen atoms in total. The molecule has 7 heteroatoms. The second-order valence-corrected chi connectivity index (χ2v) is 7.23. The van der Waals surface area contributed by atoms with Crippen LogP contribution in [0.15, 0.2) is 54.6 Å². The first kappa shape index (κ1) is 20.7. The molecular weight excluding hydrogens is 366 g/mol. The highest BCUT2D eigenvalue weighted by Gasteiger charge is 2.18. The Hall–Kier alpha value is -3.06. The van der Waals surface area contributed by atoms with Crippen molar-refractivity contribution in [3.8, 4) is 0 Å². The summed E-state index contributed by atoms with van der Waals surface area (Å²) in [7, 11) is 1.47. The van der Waals surface area contributed by atoms with E-state index in [1.54, 1.807) is 6.92 Å². The van der Waals surface area contributed by atoms with Crippen LogP contribution in [0, 0.1) is 0 Å². The van der Waals surface area contributed by atoms with E-state index < -0.39 is 12.1 Å². The van der Waals surface area contributed by atoms with E-state index in [0.717, 1.165) is 38.4 Å². The maximum atomic E-state index is 11.9. The zero-order chi connectivity index (χ0) is 20.6. The minimum Gasteiger partial charge on any atom is -0.374 e. The fourth-order valence-electron chi connectivity index (χ4n) is 3.37. The molecule has 1 fully saturated rings. The number of nitrogens with zero attached hydrogens (tertiary/aromatic N) is 2. The number of carbonyl (C=O) groups is 2.